The second-order valence-corrected chi connectivity index (χ2v) is 9.19. The van der Waals surface area contributed by atoms with E-state index >= 15 is 0 Å². The van der Waals surface area contributed by atoms with Gasteiger partial charge in [0.1, 0.15) is 10.6 Å². The van der Waals surface area contributed by atoms with Crippen LogP contribution >= 0.6 is 0 Å². The summed E-state index contributed by atoms with van der Waals surface area (Å²) in [6.45, 7) is 5.29. The zero-order valence-corrected chi connectivity index (χ0v) is 15.7. The average Bonchev–Trinajstić information content (AvgIpc) is 2.41. The summed E-state index contributed by atoms with van der Waals surface area (Å²) in [4.78, 5) is 0.0375. The Morgan fingerprint density at radius 3 is 2.30 bits per heavy atom. The van der Waals surface area contributed by atoms with Gasteiger partial charge in [0.15, 0.2) is 0 Å². The molecule has 0 aliphatic carbocycles. The van der Waals surface area contributed by atoms with Gasteiger partial charge in [0, 0.05) is 19.1 Å². The average molecular weight is 364 g/mol. The quantitative estimate of drug-likeness (QED) is 0.741. The molecule has 1 rings (SSSR count). The van der Waals surface area contributed by atoms with Crippen molar-refractivity contribution in [2.24, 2.45) is 0 Å². The molecule has 0 unspecified atom stereocenters. The van der Waals surface area contributed by atoms with Crippen molar-refractivity contribution < 1.29 is 21.6 Å². The molecule has 0 saturated heterocycles. The first-order chi connectivity index (χ1) is 10.5. The molecule has 0 aliphatic heterocycles. The van der Waals surface area contributed by atoms with Gasteiger partial charge < -0.3 is 4.74 Å². The molecule has 0 atom stereocenters. The summed E-state index contributed by atoms with van der Waals surface area (Å²) in [5, 5.41) is 0. The fourth-order valence-corrected chi connectivity index (χ4v) is 4.63. The van der Waals surface area contributed by atoms with Crippen LogP contribution in [0.1, 0.15) is 19.4 Å². The van der Waals surface area contributed by atoms with E-state index in [9.17, 15) is 16.8 Å². The summed E-state index contributed by atoms with van der Waals surface area (Å²) in [6.07, 6.45) is 1.10. The summed E-state index contributed by atoms with van der Waals surface area (Å²) >= 11 is 0. The molecule has 0 amide bonds. The molecule has 23 heavy (non-hydrogen) atoms. The molecule has 132 valence electrons. The van der Waals surface area contributed by atoms with E-state index in [1.165, 1.54) is 17.5 Å². The van der Waals surface area contributed by atoms with Crippen molar-refractivity contribution in [2.75, 3.05) is 26.5 Å². The number of ether oxygens (including phenoxy) is 1. The third kappa shape index (κ3) is 5.45. The van der Waals surface area contributed by atoms with Crippen LogP contribution in [0.3, 0.4) is 0 Å². The molecule has 0 aliphatic rings. The van der Waals surface area contributed by atoms with E-state index in [1.807, 2.05) is 0 Å². The number of methoxy groups -OCH3 is 1. The number of aryl methyl sites for hydroxylation is 1. The molecule has 7 nitrogen and oxygen atoms in total. The largest absolute Gasteiger partial charge is 0.495 e. The van der Waals surface area contributed by atoms with Crippen LogP contribution in [0.5, 0.6) is 5.75 Å². The number of nitrogens with one attached hydrogen (secondary N) is 1. The van der Waals surface area contributed by atoms with Crippen molar-refractivity contribution in [1.29, 1.82) is 0 Å². The molecule has 9 heteroatoms. The Morgan fingerprint density at radius 2 is 1.83 bits per heavy atom. The third-order valence-corrected chi connectivity index (χ3v) is 6.17. The molecule has 0 heterocycles. The highest BCUT2D eigenvalue weighted by molar-refractivity contribution is 7.89. The Hall–Kier alpha value is -1.16. The Balaban J connectivity index is 2.91. The normalized spacial score (nSPS) is 12.8. The Bertz CT molecular complexity index is 742. The molecule has 1 aromatic rings. The SMILES string of the molecule is COc1ccc(C)cc1S(=O)(=O)NCCN(C(C)C)S(C)(=O)=O. The first kappa shape index (κ1) is 19.9. The zero-order valence-electron chi connectivity index (χ0n) is 14.0. The van der Waals surface area contributed by atoms with Crippen LogP contribution in [-0.2, 0) is 20.0 Å². The zero-order chi connectivity index (χ0) is 17.8. The predicted octanol–water partition coefficient (Wildman–Crippen LogP) is 0.952. The molecule has 0 radical (unpaired) electrons. The lowest BCUT2D eigenvalue weighted by atomic mass is 10.2. The minimum Gasteiger partial charge on any atom is -0.495 e. The van der Waals surface area contributed by atoms with E-state index in [1.54, 1.807) is 32.9 Å². The van der Waals surface area contributed by atoms with Crippen molar-refractivity contribution >= 4 is 20.0 Å². The molecular formula is C14H24N2O5S2. The van der Waals surface area contributed by atoms with Crippen LogP contribution in [0.4, 0.5) is 0 Å². The fourth-order valence-electron chi connectivity index (χ4n) is 2.17. The van der Waals surface area contributed by atoms with Crippen LogP contribution in [0.25, 0.3) is 0 Å². The second kappa shape index (κ2) is 7.61. The summed E-state index contributed by atoms with van der Waals surface area (Å²) < 4.78 is 56.9. The Kier molecular flexibility index (Phi) is 6.58. The summed E-state index contributed by atoms with van der Waals surface area (Å²) in [7, 11) is -5.78. The van der Waals surface area contributed by atoms with Crippen LogP contribution in [0.2, 0.25) is 0 Å². The van der Waals surface area contributed by atoms with Gasteiger partial charge >= 0.3 is 0 Å². The van der Waals surface area contributed by atoms with E-state index < -0.39 is 20.0 Å². The molecule has 0 aromatic heterocycles. The number of sulfonamides is 2. The van der Waals surface area contributed by atoms with E-state index in [0.717, 1.165) is 11.8 Å². The number of hydrogen-bond acceptors (Lipinski definition) is 5. The van der Waals surface area contributed by atoms with Gasteiger partial charge in [-0.1, -0.05) is 6.07 Å². The van der Waals surface area contributed by atoms with Crippen LogP contribution < -0.4 is 9.46 Å². The van der Waals surface area contributed by atoms with Gasteiger partial charge in [-0.2, -0.15) is 4.31 Å². The third-order valence-electron chi connectivity index (χ3n) is 3.23. The molecule has 0 fully saturated rings. The van der Waals surface area contributed by atoms with Gasteiger partial charge in [0.2, 0.25) is 20.0 Å². The standard InChI is InChI=1S/C14H24N2O5S2/c1-11(2)16(22(5,17)18)9-8-15-23(19,20)14-10-12(3)6-7-13(14)21-4/h6-7,10-11,15H,8-9H2,1-5H3. The summed E-state index contributed by atoms with van der Waals surface area (Å²) in [5.41, 5.74) is 0.783. The van der Waals surface area contributed by atoms with Crippen molar-refractivity contribution in [3.05, 3.63) is 23.8 Å². The van der Waals surface area contributed by atoms with Crippen molar-refractivity contribution in [3.8, 4) is 5.75 Å². The minimum atomic E-state index is -3.79. The van der Waals surface area contributed by atoms with E-state index in [2.05, 4.69) is 4.72 Å². The van der Waals surface area contributed by atoms with E-state index in [4.69, 9.17) is 4.74 Å². The maximum atomic E-state index is 12.4. The van der Waals surface area contributed by atoms with Crippen molar-refractivity contribution in [2.45, 2.75) is 31.7 Å². The molecule has 0 bridgehead atoms. The van der Waals surface area contributed by atoms with Crippen molar-refractivity contribution in [1.82, 2.24) is 9.03 Å². The van der Waals surface area contributed by atoms with Gasteiger partial charge in [-0.25, -0.2) is 21.6 Å². The number of hydrogen-bond donors (Lipinski definition) is 1. The highest BCUT2D eigenvalue weighted by Crippen LogP contribution is 2.24. The molecule has 1 aromatic carbocycles. The lowest BCUT2D eigenvalue weighted by Gasteiger charge is -2.24. The number of benzene rings is 1. The highest BCUT2D eigenvalue weighted by Gasteiger charge is 2.23. The predicted molar refractivity (Wildman–Crippen MR) is 89.6 cm³/mol. The lowest BCUT2D eigenvalue weighted by Crippen LogP contribution is -2.41. The smallest absolute Gasteiger partial charge is 0.244 e. The maximum Gasteiger partial charge on any atom is 0.244 e. The van der Waals surface area contributed by atoms with Crippen LogP contribution in [0.15, 0.2) is 23.1 Å². The first-order valence-corrected chi connectivity index (χ1v) is 10.4. The first-order valence-electron chi connectivity index (χ1n) is 7.10. The topological polar surface area (TPSA) is 92.8 Å². The Labute approximate surface area is 138 Å². The van der Waals surface area contributed by atoms with Gasteiger partial charge in [0.05, 0.1) is 13.4 Å². The maximum absolute atomic E-state index is 12.4. The summed E-state index contributed by atoms with van der Waals surface area (Å²) in [6, 6.07) is 4.60. The molecule has 1 N–H and O–H groups in total. The Morgan fingerprint density at radius 1 is 1.22 bits per heavy atom. The number of rotatable bonds is 8. The fraction of sp³-hybridized carbons (Fsp3) is 0.571. The molecular weight excluding hydrogens is 340 g/mol. The van der Waals surface area contributed by atoms with Crippen molar-refractivity contribution in [3.63, 3.8) is 0 Å². The van der Waals surface area contributed by atoms with Gasteiger partial charge in [-0.15, -0.1) is 0 Å². The van der Waals surface area contributed by atoms with E-state index in [0.29, 0.717) is 0 Å². The van der Waals surface area contributed by atoms with Crippen LogP contribution in [0, 0.1) is 6.92 Å². The molecule has 0 spiro atoms. The molecule has 0 saturated carbocycles. The summed E-state index contributed by atoms with van der Waals surface area (Å²) in [5.74, 6) is 0.243. The van der Waals surface area contributed by atoms with Gasteiger partial charge in [-0.3, -0.25) is 0 Å². The second-order valence-electron chi connectivity index (χ2n) is 5.52. The van der Waals surface area contributed by atoms with E-state index in [-0.39, 0.29) is 29.8 Å². The number of nitrogens with zero attached hydrogens (tertiary/aromatic N) is 1. The minimum absolute atomic E-state index is 0.0231. The van der Waals surface area contributed by atoms with Gasteiger partial charge in [0.25, 0.3) is 0 Å². The highest BCUT2D eigenvalue weighted by atomic mass is 32.2. The lowest BCUT2D eigenvalue weighted by molar-refractivity contribution is 0.360. The van der Waals surface area contributed by atoms with Crippen LogP contribution in [-0.4, -0.2) is 53.6 Å². The monoisotopic (exact) mass is 364 g/mol. The van der Waals surface area contributed by atoms with Gasteiger partial charge in [-0.05, 0) is 38.5 Å².